The molecule has 0 aliphatic carbocycles. The summed E-state index contributed by atoms with van der Waals surface area (Å²) in [5.74, 6) is -0.332. The van der Waals surface area contributed by atoms with Crippen LogP contribution in [0.25, 0.3) is 17.0 Å². The van der Waals surface area contributed by atoms with Gasteiger partial charge in [-0.2, -0.15) is 0 Å². The standard InChI is InChI=1S/C21H17FN4O/c1-13-9-10-18(14(2)12-13)23-21(27)16-7-5-11-26-19(24-25-20(16)26)15-6-3-4-8-17(15)22/h3-12H,1-2H3,(H,23,27). The Bertz CT molecular complexity index is 1170. The zero-order valence-electron chi connectivity index (χ0n) is 14.9. The Morgan fingerprint density at radius 1 is 1.04 bits per heavy atom. The number of halogens is 1. The third kappa shape index (κ3) is 3.06. The average Bonchev–Trinajstić information content (AvgIpc) is 3.08. The first-order valence-electron chi connectivity index (χ1n) is 8.52. The molecule has 4 rings (SSSR count). The van der Waals surface area contributed by atoms with E-state index in [-0.39, 0.29) is 5.91 Å². The van der Waals surface area contributed by atoms with Gasteiger partial charge in [-0.1, -0.05) is 29.8 Å². The van der Waals surface area contributed by atoms with Crippen LogP contribution in [0.2, 0.25) is 0 Å². The number of aryl methyl sites for hydroxylation is 2. The zero-order chi connectivity index (χ0) is 19.0. The highest BCUT2D eigenvalue weighted by molar-refractivity contribution is 6.08. The molecule has 1 amide bonds. The van der Waals surface area contributed by atoms with Gasteiger partial charge in [0.2, 0.25) is 0 Å². The number of amides is 1. The van der Waals surface area contributed by atoms with E-state index in [0.717, 1.165) is 16.8 Å². The van der Waals surface area contributed by atoms with Gasteiger partial charge in [0.05, 0.1) is 11.1 Å². The summed E-state index contributed by atoms with van der Waals surface area (Å²) in [7, 11) is 0. The molecule has 0 saturated heterocycles. The normalized spacial score (nSPS) is 10.9. The number of anilines is 1. The maximum atomic E-state index is 14.1. The van der Waals surface area contributed by atoms with E-state index in [1.54, 1.807) is 40.9 Å². The van der Waals surface area contributed by atoms with Gasteiger partial charge in [-0.3, -0.25) is 9.20 Å². The first kappa shape index (κ1) is 16.9. The first-order chi connectivity index (χ1) is 13.0. The van der Waals surface area contributed by atoms with Crippen LogP contribution < -0.4 is 5.32 Å². The number of hydrogen-bond donors (Lipinski definition) is 1. The van der Waals surface area contributed by atoms with Crippen molar-refractivity contribution >= 4 is 17.2 Å². The van der Waals surface area contributed by atoms with Crippen LogP contribution in [0, 0.1) is 19.7 Å². The minimum Gasteiger partial charge on any atom is -0.322 e. The SMILES string of the molecule is Cc1ccc(NC(=O)c2cccn3c(-c4ccccc4F)nnc23)c(C)c1. The number of nitrogens with zero attached hydrogens (tertiary/aromatic N) is 3. The van der Waals surface area contributed by atoms with Gasteiger partial charge in [0.15, 0.2) is 11.5 Å². The quantitative estimate of drug-likeness (QED) is 0.589. The Hall–Kier alpha value is -3.54. The fraction of sp³-hybridized carbons (Fsp3) is 0.0952. The number of fused-ring (bicyclic) bond motifs is 1. The molecular formula is C21H17FN4O. The lowest BCUT2D eigenvalue weighted by Crippen LogP contribution is -2.14. The molecule has 6 heteroatoms. The summed E-state index contributed by atoms with van der Waals surface area (Å²) in [5.41, 5.74) is 3.91. The molecule has 0 unspecified atom stereocenters. The summed E-state index contributed by atoms with van der Waals surface area (Å²) in [6, 6.07) is 15.6. The molecular weight excluding hydrogens is 343 g/mol. The molecule has 2 heterocycles. The van der Waals surface area contributed by atoms with Crippen LogP contribution in [0.1, 0.15) is 21.5 Å². The largest absolute Gasteiger partial charge is 0.322 e. The van der Waals surface area contributed by atoms with Crippen molar-refractivity contribution in [3.8, 4) is 11.4 Å². The molecule has 0 aliphatic rings. The van der Waals surface area contributed by atoms with Crippen molar-refractivity contribution in [2.24, 2.45) is 0 Å². The Balaban J connectivity index is 1.75. The summed E-state index contributed by atoms with van der Waals surface area (Å²) >= 11 is 0. The van der Waals surface area contributed by atoms with Crippen LogP contribution in [-0.4, -0.2) is 20.5 Å². The van der Waals surface area contributed by atoms with Crippen LogP contribution >= 0.6 is 0 Å². The molecule has 0 atom stereocenters. The Kier molecular flexibility index (Phi) is 4.16. The average molecular weight is 360 g/mol. The summed E-state index contributed by atoms with van der Waals surface area (Å²) in [6.45, 7) is 3.94. The number of rotatable bonds is 3. The van der Waals surface area contributed by atoms with E-state index >= 15 is 0 Å². The molecule has 0 aliphatic heterocycles. The van der Waals surface area contributed by atoms with E-state index in [1.165, 1.54) is 6.07 Å². The van der Waals surface area contributed by atoms with Crippen LogP contribution in [0.4, 0.5) is 10.1 Å². The maximum absolute atomic E-state index is 14.1. The van der Waals surface area contributed by atoms with E-state index in [2.05, 4.69) is 15.5 Å². The molecule has 1 N–H and O–H groups in total. The number of hydrogen-bond acceptors (Lipinski definition) is 3. The second kappa shape index (κ2) is 6.64. The number of benzene rings is 2. The number of aromatic nitrogens is 3. The zero-order valence-corrected chi connectivity index (χ0v) is 14.9. The first-order valence-corrected chi connectivity index (χ1v) is 8.52. The number of nitrogens with one attached hydrogen (secondary N) is 1. The highest BCUT2D eigenvalue weighted by Gasteiger charge is 2.18. The van der Waals surface area contributed by atoms with E-state index in [9.17, 15) is 9.18 Å². The molecule has 27 heavy (non-hydrogen) atoms. The lowest BCUT2D eigenvalue weighted by atomic mass is 10.1. The predicted octanol–water partition coefficient (Wildman–Crippen LogP) is 4.40. The van der Waals surface area contributed by atoms with Gasteiger partial charge in [0.25, 0.3) is 5.91 Å². The summed E-state index contributed by atoms with van der Waals surface area (Å²) in [4.78, 5) is 12.8. The predicted molar refractivity (Wildman–Crippen MR) is 102 cm³/mol. The summed E-state index contributed by atoms with van der Waals surface area (Å²) < 4.78 is 15.8. The van der Waals surface area contributed by atoms with Gasteiger partial charge in [-0.25, -0.2) is 4.39 Å². The third-order valence-corrected chi connectivity index (χ3v) is 4.42. The smallest absolute Gasteiger partial charge is 0.259 e. The van der Waals surface area contributed by atoms with Gasteiger partial charge in [0, 0.05) is 11.9 Å². The van der Waals surface area contributed by atoms with Crippen molar-refractivity contribution in [3.63, 3.8) is 0 Å². The van der Waals surface area contributed by atoms with Crippen LogP contribution in [0.3, 0.4) is 0 Å². The molecule has 0 saturated carbocycles. The minimum atomic E-state index is -0.392. The van der Waals surface area contributed by atoms with Gasteiger partial charge in [0.1, 0.15) is 5.82 Å². The van der Waals surface area contributed by atoms with Crippen LogP contribution in [0.5, 0.6) is 0 Å². The van der Waals surface area contributed by atoms with Gasteiger partial charge >= 0.3 is 0 Å². The van der Waals surface area contributed by atoms with E-state index in [0.29, 0.717) is 22.6 Å². The topological polar surface area (TPSA) is 59.3 Å². The molecule has 0 bridgehead atoms. The Morgan fingerprint density at radius 2 is 1.85 bits per heavy atom. The molecule has 0 spiro atoms. The molecule has 5 nitrogen and oxygen atoms in total. The fourth-order valence-electron chi connectivity index (χ4n) is 3.06. The summed E-state index contributed by atoms with van der Waals surface area (Å²) in [5, 5.41) is 11.1. The lowest BCUT2D eigenvalue weighted by molar-refractivity contribution is 0.102. The minimum absolute atomic E-state index is 0.292. The van der Waals surface area contributed by atoms with Crippen LogP contribution in [-0.2, 0) is 0 Å². The van der Waals surface area contributed by atoms with Crippen molar-refractivity contribution < 1.29 is 9.18 Å². The third-order valence-electron chi connectivity index (χ3n) is 4.42. The number of carbonyl (C=O) groups excluding carboxylic acids is 1. The Morgan fingerprint density at radius 3 is 2.63 bits per heavy atom. The second-order valence-corrected chi connectivity index (χ2v) is 6.39. The molecule has 4 aromatic rings. The van der Waals surface area contributed by atoms with Gasteiger partial charge < -0.3 is 5.32 Å². The van der Waals surface area contributed by atoms with E-state index < -0.39 is 5.82 Å². The number of carbonyl (C=O) groups is 1. The van der Waals surface area contributed by atoms with Gasteiger partial charge in [-0.05, 0) is 49.7 Å². The van der Waals surface area contributed by atoms with Crippen molar-refractivity contribution in [2.75, 3.05) is 5.32 Å². The van der Waals surface area contributed by atoms with Crippen molar-refractivity contribution in [1.82, 2.24) is 14.6 Å². The van der Waals surface area contributed by atoms with Crippen molar-refractivity contribution in [1.29, 1.82) is 0 Å². The summed E-state index contributed by atoms with van der Waals surface area (Å²) in [6.07, 6.45) is 1.71. The van der Waals surface area contributed by atoms with E-state index in [1.807, 2.05) is 32.0 Å². The molecule has 2 aromatic heterocycles. The monoisotopic (exact) mass is 360 g/mol. The van der Waals surface area contributed by atoms with Crippen molar-refractivity contribution in [2.45, 2.75) is 13.8 Å². The number of pyridine rings is 1. The fourth-order valence-corrected chi connectivity index (χ4v) is 3.06. The molecule has 2 aromatic carbocycles. The second-order valence-electron chi connectivity index (χ2n) is 6.39. The molecule has 134 valence electrons. The lowest BCUT2D eigenvalue weighted by Gasteiger charge is -2.10. The Labute approximate surface area is 155 Å². The molecule has 0 fully saturated rings. The van der Waals surface area contributed by atoms with E-state index in [4.69, 9.17) is 0 Å². The molecule has 0 radical (unpaired) electrons. The van der Waals surface area contributed by atoms with Crippen LogP contribution in [0.15, 0.2) is 60.8 Å². The van der Waals surface area contributed by atoms with Gasteiger partial charge in [-0.15, -0.1) is 10.2 Å². The highest BCUT2D eigenvalue weighted by Crippen LogP contribution is 2.23. The highest BCUT2D eigenvalue weighted by atomic mass is 19.1. The van der Waals surface area contributed by atoms with Crippen molar-refractivity contribution in [3.05, 3.63) is 83.3 Å². The maximum Gasteiger partial charge on any atom is 0.259 e.